The highest BCUT2D eigenvalue weighted by Gasteiger charge is 2.00. The summed E-state index contributed by atoms with van der Waals surface area (Å²) in [5.74, 6) is 0. The standard InChI is InChI=1S/C5H11N3/c6-2-5-8-4-1-3-7-8/h1,3,7H,2,4-6H2. The molecule has 0 aromatic carbocycles. The van der Waals surface area contributed by atoms with Crippen LogP contribution in [-0.4, -0.2) is 24.6 Å². The maximum absolute atomic E-state index is 5.30. The van der Waals surface area contributed by atoms with Crippen LogP contribution in [-0.2, 0) is 0 Å². The van der Waals surface area contributed by atoms with E-state index in [1.54, 1.807) is 0 Å². The zero-order valence-corrected chi connectivity index (χ0v) is 4.80. The Hall–Kier alpha value is -0.540. The molecule has 3 N–H and O–H groups in total. The smallest absolute Gasteiger partial charge is 0.0377 e. The van der Waals surface area contributed by atoms with Crippen LogP contribution in [0, 0.1) is 0 Å². The van der Waals surface area contributed by atoms with Crippen LogP contribution in [0.15, 0.2) is 12.3 Å². The Bertz CT molecular complexity index is 81.7. The molecule has 0 atom stereocenters. The number of nitrogens with one attached hydrogen (secondary N) is 1. The van der Waals surface area contributed by atoms with Crippen molar-refractivity contribution in [1.29, 1.82) is 0 Å². The van der Waals surface area contributed by atoms with Gasteiger partial charge in [-0.1, -0.05) is 6.08 Å². The van der Waals surface area contributed by atoms with Crippen molar-refractivity contribution in [2.45, 2.75) is 0 Å². The van der Waals surface area contributed by atoms with Crippen LogP contribution >= 0.6 is 0 Å². The molecule has 1 aliphatic heterocycles. The third kappa shape index (κ3) is 1.21. The topological polar surface area (TPSA) is 41.3 Å². The Labute approximate surface area is 49.1 Å². The van der Waals surface area contributed by atoms with Gasteiger partial charge in [-0.2, -0.15) is 0 Å². The minimum absolute atomic E-state index is 0.717. The number of rotatable bonds is 2. The number of nitrogens with zero attached hydrogens (tertiary/aromatic N) is 1. The van der Waals surface area contributed by atoms with Crippen LogP contribution in [0.1, 0.15) is 0 Å². The summed E-state index contributed by atoms with van der Waals surface area (Å²) in [5.41, 5.74) is 8.33. The van der Waals surface area contributed by atoms with E-state index in [1.807, 2.05) is 6.20 Å². The predicted octanol–water partition coefficient (Wildman–Crippen LogP) is -0.721. The van der Waals surface area contributed by atoms with E-state index in [4.69, 9.17) is 5.73 Å². The van der Waals surface area contributed by atoms with E-state index in [0.717, 1.165) is 13.1 Å². The lowest BCUT2D eigenvalue weighted by atomic mass is 10.6. The van der Waals surface area contributed by atoms with Crippen LogP contribution in [0.3, 0.4) is 0 Å². The van der Waals surface area contributed by atoms with Crippen LogP contribution < -0.4 is 11.2 Å². The molecule has 0 aliphatic carbocycles. The molecule has 1 heterocycles. The first-order chi connectivity index (χ1) is 3.93. The van der Waals surface area contributed by atoms with E-state index >= 15 is 0 Å². The molecule has 0 radical (unpaired) electrons. The SMILES string of the molecule is NCCN1CC=CN1. The summed E-state index contributed by atoms with van der Waals surface area (Å²) in [6.45, 7) is 2.62. The van der Waals surface area contributed by atoms with Crippen molar-refractivity contribution in [3.63, 3.8) is 0 Å². The Morgan fingerprint density at radius 3 is 3.12 bits per heavy atom. The minimum Gasteiger partial charge on any atom is -0.329 e. The fraction of sp³-hybridized carbons (Fsp3) is 0.600. The molecule has 0 unspecified atom stereocenters. The second-order valence-electron chi connectivity index (χ2n) is 1.77. The van der Waals surface area contributed by atoms with E-state index in [2.05, 4.69) is 16.5 Å². The first kappa shape index (κ1) is 5.59. The summed E-state index contributed by atoms with van der Waals surface area (Å²) < 4.78 is 0. The molecule has 0 fully saturated rings. The summed E-state index contributed by atoms with van der Waals surface area (Å²) in [5, 5.41) is 2.06. The van der Waals surface area contributed by atoms with E-state index in [0.29, 0.717) is 6.54 Å². The summed E-state index contributed by atoms with van der Waals surface area (Å²) in [6, 6.07) is 0. The average molecular weight is 113 g/mol. The fourth-order valence-corrected chi connectivity index (χ4v) is 0.702. The predicted molar refractivity (Wildman–Crippen MR) is 32.9 cm³/mol. The van der Waals surface area contributed by atoms with E-state index < -0.39 is 0 Å². The van der Waals surface area contributed by atoms with E-state index in [-0.39, 0.29) is 0 Å². The van der Waals surface area contributed by atoms with Crippen molar-refractivity contribution in [1.82, 2.24) is 10.4 Å². The molecular formula is C5H11N3. The quantitative estimate of drug-likeness (QED) is 0.496. The lowest BCUT2D eigenvalue weighted by Crippen LogP contribution is -2.34. The fourth-order valence-electron chi connectivity index (χ4n) is 0.702. The normalized spacial score (nSPS) is 19.1. The second-order valence-corrected chi connectivity index (χ2v) is 1.77. The number of nitrogens with two attached hydrogens (primary N) is 1. The highest BCUT2D eigenvalue weighted by atomic mass is 15.5. The lowest BCUT2D eigenvalue weighted by Gasteiger charge is -2.12. The zero-order valence-electron chi connectivity index (χ0n) is 4.80. The number of hydrogen-bond donors (Lipinski definition) is 2. The molecule has 3 heteroatoms. The summed E-state index contributed by atoms with van der Waals surface area (Å²) in [4.78, 5) is 0. The van der Waals surface area contributed by atoms with Gasteiger partial charge in [0.1, 0.15) is 0 Å². The highest BCUT2D eigenvalue weighted by molar-refractivity contribution is 4.88. The Morgan fingerprint density at radius 2 is 2.62 bits per heavy atom. The highest BCUT2D eigenvalue weighted by Crippen LogP contribution is 1.88. The largest absolute Gasteiger partial charge is 0.329 e. The van der Waals surface area contributed by atoms with Gasteiger partial charge in [0.2, 0.25) is 0 Å². The first-order valence-corrected chi connectivity index (χ1v) is 2.79. The van der Waals surface area contributed by atoms with Crippen molar-refractivity contribution in [2.24, 2.45) is 5.73 Å². The molecule has 46 valence electrons. The van der Waals surface area contributed by atoms with Crippen LogP contribution in [0.25, 0.3) is 0 Å². The maximum Gasteiger partial charge on any atom is 0.0377 e. The Kier molecular flexibility index (Phi) is 1.88. The van der Waals surface area contributed by atoms with E-state index in [9.17, 15) is 0 Å². The van der Waals surface area contributed by atoms with Crippen LogP contribution in [0.5, 0.6) is 0 Å². The molecule has 3 nitrogen and oxygen atoms in total. The van der Waals surface area contributed by atoms with Crippen LogP contribution in [0.4, 0.5) is 0 Å². The molecule has 0 spiro atoms. The van der Waals surface area contributed by atoms with Crippen molar-refractivity contribution in [3.8, 4) is 0 Å². The number of hydrogen-bond acceptors (Lipinski definition) is 3. The van der Waals surface area contributed by atoms with Crippen molar-refractivity contribution < 1.29 is 0 Å². The molecule has 0 aromatic rings. The molecule has 8 heavy (non-hydrogen) atoms. The third-order valence-corrected chi connectivity index (χ3v) is 1.10. The average Bonchev–Trinajstić information content (AvgIpc) is 2.19. The van der Waals surface area contributed by atoms with Gasteiger partial charge in [-0.3, -0.25) is 0 Å². The molecule has 1 aliphatic rings. The van der Waals surface area contributed by atoms with Gasteiger partial charge in [0.25, 0.3) is 0 Å². The molecule has 0 saturated heterocycles. The van der Waals surface area contributed by atoms with E-state index in [1.165, 1.54) is 0 Å². The number of hydrazine groups is 1. The van der Waals surface area contributed by atoms with Crippen molar-refractivity contribution in [3.05, 3.63) is 12.3 Å². The monoisotopic (exact) mass is 113 g/mol. The molecular weight excluding hydrogens is 102 g/mol. The van der Waals surface area contributed by atoms with Gasteiger partial charge >= 0.3 is 0 Å². The summed E-state index contributed by atoms with van der Waals surface area (Å²) >= 11 is 0. The third-order valence-electron chi connectivity index (χ3n) is 1.10. The van der Waals surface area contributed by atoms with Crippen molar-refractivity contribution in [2.75, 3.05) is 19.6 Å². The minimum atomic E-state index is 0.717. The molecule has 0 bridgehead atoms. The van der Waals surface area contributed by atoms with Crippen molar-refractivity contribution >= 4 is 0 Å². The Balaban J connectivity index is 2.10. The van der Waals surface area contributed by atoms with Gasteiger partial charge in [-0.05, 0) is 0 Å². The summed E-state index contributed by atoms with van der Waals surface area (Å²) in [7, 11) is 0. The van der Waals surface area contributed by atoms with Gasteiger partial charge in [0.15, 0.2) is 0 Å². The first-order valence-electron chi connectivity index (χ1n) is 2.79. The van der Waals surface area contributed by atoms with Gasteiger partial charge in [0, 0.05) is 25.8 Å². The Morgan fingerprint density at radius 1 is 1.75 bits per heavy atom. The van der Waals surface area contributed by atoms with Gasteiger partial charge < -0.3 is 11.2 Å². The summed E-state index contributed by atoms with van der Waals surface area (Å²) in [6.07, 6.45) is 3.99. The zero-order chi connectivity index (χ0) is 5.82. The van der Waals surface area contributed by atoms with Gasteiger partial charge in [-0.15, -0.1) is 0 Å². The lowest BCUT2D eigenvalue weighted by molar-refractivity contribution is 0.275. The molecule has 0 saturated carbocycles. The molecule has 1 rings (SSSR count). The molecule has 0 aromatic heterocycles. The van der Waals surface area contributed by atoms with Crippen LogP contribution in [0.2, 0.25) is 0 Å². The van der Waals surface area contributed by atoms with Gasteiger partial charge in [0.05, 0.1) is 0 Å². The maximum atomic E-state index is 5.30. The molecule has 0 amide bonds. The van der Waals surface area contributed by atoms with Gasteiger partial charge in [-0.25, -0.2) is 5.01 Å². The second kappa shape index (κ2) is 2.69.